The molecule has 3 N–H and O–H groups in total. The highest BCUT2D eigenvalue weighted by molar-refractivity contribution is 7.48. The van der Waals surface area contributed by atoms with Gasteiger partial charge in [-0.25, -0.2) is 9.36 Å². The highest BCUT2D eigenvalue weighted by atomic mass is 31.2. The third-order valence-corrected chi connectivity index (χ3v) is 1.64. The monoisotopic (exact) mass is 212 g/mol. The number of carbonyl (C=O) groups excluding carboxylic acids is 1. The van der Waals surface area contributed by atoms with Crippen LogP contribution in [0.25, 0.3) is 0 Å². The average molecular weight is 212 g/mol. The van der Waals surface area contributed by atoms with Gasteiger partial charge in [0.15, 0.2) is 6.29 Å². The van der Waals surface area contributed by atoms with Gasteiger partial charge < -0.3 is 14.7 Å². The summed E-state index contributed by atoms with van der Waals surface area (Å²) in [6, 6.07) is 0. The van der Waals surface area contributed by atoms with Crippen molar-refractivity contribution in [1.82, 2.24) is 0 Å². The topological polar surface area (TPSA) is 113 Å². The Balaban J connectivity index is 4.01. The molecule has 0 fully saturated rings. The summed E-state index contributed by atoms with van der Waals surface area (Å²) in [6.07, 6.45) is -1.25. The molecule has 0 saturated carbocycles. The number of phosphoric acid groups is 1. The van der Waals surface area contributed by atoms with Crippen LogP contribution in [0.2, 0.25) is 0 Å². The summed E-state index contributed by atoms with van der Waals surface area (Å²) in [5, 5.41) is 16.5. The maximum Gasteiger partial charge on any atom is 0.530 e. The smallest absolute Gasteiger partial charge is 0.367 e. The predicted molar refractivity (Wildman–Crippen MR) is 40.3 cm³/mol. The van der Waals surface area contributed by atoms with Gasteiger partial charge in [0.25, 0.3) is 0 Å². The minimum absolute atomic E-state index is 0.668. The number of aliphatic hydroxyl groups excluding tert-OH is 1. The van der Waals surface area contributed by atoms with Gasteiger partial charge in [-0.2, -0.15) is 0 Å². The van der Waals surface area contributed by atoms with E-state index in [2.05, 4.69) is 15.6 Å². The molecule has 0 amide bonds. The molecule has 0 radical (unpaired) electrons. The minimum Gasteiger partial charge on any atom is -0.367 e. The molecule has 7 nitrogen and oxygen atoms in total. The molecule has 0 aliphatic rings. The summed E-state index contributed by atoms with van der Waals surface area (Å²) in [5.74, 6) is -1.14. The van der Waals surface area contributed by atoms with Crippen LogP contribution in [-0.2, 0) is 18.4 Å². The second kappa shape index (κ2) is 5.11. The highest BCUT2D eigenvalue weighted by Crippen LogP contribution is 2.43. The lowest BCUT2D eigenvalue weighted by molar-refractivity contribution is -0.131. The summed E-state index contributed by atoms with van der Waals surface area (Å²) in [5.41, 5.74) is 0. The van der Waals surface area contributed by atoms with Crippen molar-refractivity contribution in [3.05, 3.63) is 12.7 Å². The van der Waals surface area contributed by atoms with Gasteiger partial charge in [-0.05, 0) is 0 Å². The van der Waals surface area contributed by atoms with E-state index in [0.29, 0.717) is 6.08 Å². The van der Waals surface area contributed by atoms with Crippen molar-refractivity contribution < 1.29 is 33.5 Å². The lowest BCUT2D eigenvalue weighted by atomic mass is 10.7. The Labute approximate surface area is 73.8 Å². The van der Waals surface area contributed by atoms with E-state index in [1.807, 2.05) is 0 Å². The highest BCUT2D eigenvalue weighted by Gasteiger charge is 2.25. The fourth-order valence-corrected chi connectivity index (χ4v) is 1.01. The molecular weight excluding hydrogens is 203 g/mol. The number of hydrogen-bond donors (Lipinski definition) is 3. The van der Waals surface area contributed by atoms with Gasteiger partial charge in [0.1, 0.15) is 6.61 Å². The van der Waals surface area contributed by atoms with Crippen molar-refractivity contribution in [2.45, 2.75) is 6.29 Å². The Hall–Kier alpha value is -0.720. The molecule has 1 atom stereocenters. The van der Waals surface area contributed by atoms with E-state index in [-0.39, 0.29) is 0 Å². The van der Waals surface area contributed by atoms with Crippen molar-refractivity contribution in [3.63, 3.8) is 0 Å². The minimum atomic E-state index is -4.56. The molecule has 0 saturated heterocycles. The van der Waals surface area contributed by atoms with E-state index in [1.165, 1.54) is 0 Å². The van der Waals surface area contributed by atoms with Gasteiger partial charge in [0.2, 0.25) is 0 Å². The van der Waals surface area contributed by atoms with Crippen molar-refractivity contribution in [2.75, 3.05) is 6.61 Å². The zero-order valence-corrected chi connectivity index (χ0v) is 7.39. The van der Waals surface area contributed by atoms with E-state index in [9.17, 15) is 9.36 Å². The number of carbonyl (C=O) groups is 1. The van der Waals surface area contributed by atoms with Crippen molar-refractivity contribution in [1.29, 1.82) is 0 Å². The molecule has 0 bridgehead atoms. The number of hydrogen-bond acceptors (Lipinski definition) is 6. The molecule has 0 spiro atoms. The molecule has 0 rings (SSSR count). The molecule has 0 aliphatic carbocycles. The zero-order valence-electron chi connectivity index (χ0n) is 6.49. The summed E-state index contributed by atoms with van der Waals surface area (Å²) in [6.45, 7) is 2.14. The third kappa shape index (κ3) is 6.44. The second-order valence-corrected chi connectivity index (χ2v) is 3.24. The van der Waals surface area contributed by atoms with Crippen LogP contribution >= 0.6 is 7.82 Å². The Bertz CT molecular complexity index is 235. The van der Waals surface area contributed by atoms with E-state index in [4.69, 9.17) is 15.1 Å². The maximum atomic E-state index is 10.7. The molecule has 8 heteroatoms. The fourth-order valence-electron chi connectivity index (χ4n) is 0.338. The normalized spacial score (nSPS) is 15.1. The Morgan fingerprint density at radius 3 is 2.54 bits per heavy atom. The van der Waals surface area contributed by atoms with Crippen LogP contribution in [0.1, 0.15) is 0 Å². The van der Waals surface area contributed by atoms with Crippen LogP contribution in [0.3, 0.4) is 0 Å². The molecule has 13 heavy (non-hydrogen) atoms. The Morgan fingerprint density at radius 2 is 2.15 bits per heavy atom. The van der Waals surface area contributed by atoms with Crippen LogP contribution in [0.5, 0.6) is 0 Å². The van der Waals surface area contributed by atoms with E-state index in [0.717, 1.165) is 0 Å². The molecule has 0 aliphatic heterocycles. The predicted octanol–water partition coefficient (Wildman–Crippen LogP) is -0.857. The first-order valence-electron chi connectivity index (χ1n) is 3.07. The summed E-state index contributed by atoms with van der Waals surface area (Å²) in [4.78, 5) is 19.1. The Morgan fingerprint density at radius 1 is 1.62 bits per heavy atom. The van der Waals surface area contributed by atoms with Gasteiger partial charge in [-0.3, -0.25) is 9.42 Å². The number of rotatable bonds is 5. The average Bonchev–Trinajstić information content (AvgIpc) is 2.00. The lowest BCUT2D eigenvalue weighted by Gasteiger charge is -2.10. The molecular formula is C5H9O7P. The SMILES string of the molecule is C=CC(=O)OP(=O)(O)OCC(O)O. The van der Waals surface area contributed by atoms with Crippen molar-refractivity contribution >= 4 is 13.8 Å². The van der Waals surface area contributed by atoms with Crippen LogP contribution in [0.15, 0.2) is 12.7 Å². The molecule has 1 unspecified atom stereocenters. The molecule has 0 heterocycles. The van der Waals surface area contributed by atoms with Crippen LogP contribution in [0, 0.1) is 0 Å². The fraction of sp³-hybridized carbons (Fsp3) is 0.400. The molecule has 0 aromatic rings. The largest absolute Gasteiger partial charge is 0.530 e. The molecule has 0 aromatic heterocycles. The van der Waals surface area contributed by atoms with E-state index >= 15 is 0 Å². The first kappa shape index (κ1) is 12.3. The molecule has 76 valence electrons. The van der Waals surface area contributed by atoms with Crippen molar-refractivity contribution in [3.8, 4) is 0 Å². The zero-order chi connectivity index (χ0) is 10.5. The maximum absolute atomic E-state index is 10.7. The van der Waals surface area contributed by atoms with Gasteiger partial charge in [0, 0.05) is 6.08 Å². The van der Waals surface area contributed by atoms with Gasteiger partial charge in [-0.1, -0.05) is 6.58 Å². The van der Waals surface area contributed by atoms with Crippen LogP contribution < -0.4 is 0 Å². The summed E-state index contributed by atoms with van der Waals surface area (Å²) < 4.78 is 18.5. The van der Waals surface area contributed by atoms with E-state index < -0.39 is 26.7 Å². The van der Waals surface area contributed by atoms with Crippen LogP contribution in [0.4, 0.5) is 0 Å². The van der Waals surface area contributed by atoms with Gasteiger partial charge in [-0.15, -0.1) is 0 Å². The van der Waals surface area contributed by atoms with Gasteiger partial charge in [0.05, 0.1) is 0 Å². The standard InChI is InChI=1S/C5H9O7P/c1-2-5(8)12-13(9,10)11-3-4(6)7/h2,4,6-7H,1,3H2,(H,9,10). The van der Waals surface area contributed by atoms with Crippen LogP contribution in [-0.4, -0.2) is 34.0 Å². The number of phosphoric ester groups is 1. The summed E-state index contributed by atoms with van der Waals surface area (Å²) >= 11 is 0. The number of aliphatic hydroxyl groups is 2. The lowest BCUT2D eigenvalue weighted by Crippen LogP contribution is -2.13. The third-order valence-electron chi connectivity index (χ3n) is 0.759. The first-order valence-corrected chi connectivity index (χ1v) is 4.56. The quantitative estimate of drug-likeness (QED) is 0.308. The van der Waals surface area contributed by atoms with E-state index in [1.54, 1.807) is 0 Å². The Kier molecular flexibility index (Phi) is 4.82. The second-order valence-electron chi connectivity index (χ2n) is 1.86. The van der Waals surface area contributed by atoms with Gasteiger partial charge >= 0.3 is 13.8 Å². The summed E-state index contributed by atoms with van der Waals surface area (Å²) in [7, 11) is -4.56. The first-order chi connectivity index (χ1) is 5.87. The van der Waals surface area contributed by atoms with Crippen molar-refractivity contribution in [2.24, 2.45) is 0 Å². The molecule has 0 aromatic carbocycles.